The van der Waals surface area contributed by atoms with E-state index in [1.807, 2.05) is 0 Å². The van der Waals surface area contributed by atoms with Crippen molar-refractivity contribution < 1.29 is 29.3 Å². The van der Waals surface area contributed by atoms with E-state index in [-0.39, 0.29) is 59.0 Å². The maximum absolute atomic E-state index is 11.9. The molecular weight excluding hydrogens is 371 g/mol. The summed E-state index contributed by atoms with van der Waals surface area (Å²) in [5.41, 5.74) is 1.33. The maximum atomic E-state index is 11.9. The van der Waals surface area contributed by atoms with E-state index in [0.717, 1.165) is 0 Å². The van der Waals surface area contributed by atoms with Gasteiger partial charge in [0.2, 0.25) is 0 Å². The molecule has 0 heterocycles. The van der Waals surface area contributed by atoms with Crippen LogP contribution in [0.25, 0.3) is 12.2 Å². The van der Waals surface area contributed by atoms with E-state index < -0.39 is 0 Å². The van der Waals surface area contributed by atoms with Gasteiger partial charge in [-0.15, -0.1) is 0 Å². The number of carbonyl (C=O) groups is 2. The normalized spacial score (nSPS) is 10.6. The second kappa shape index (κ2) is 11.3. The molecule has 0 saturated carbocycles. The van der Waals surface area contributed by atoms with Crippen molar-refractivity contribution in [3.8, 4) is 23.0 Å². The summed E-state index contributed by atoms with van der Waals surface area (Å²) >= 11 is 0. The zero-order valence-electron chi connectivity index (χ0n) is 15.0. The summed E-state index contributed by atoms with van der Waals surface area (Å²) in [5, 5.41) is 19.1. The summed E-state index contributed by atoms with van der Waals surface area (Å²) in [5.74, 6) is -0.0832. The summed E-state index contributed by atoms with van der Waals surface area (Å²) in [7, 11) is 2.87. The van der Waals surface area contributed by atoms with Gasteiger partial charge in [-0.25, -0.2) is 0 Å². The molecule has 0 aliphatic heterocycles. The standard InChI is InChI=1S/C21H20O6.Na.H/c1-26-20-11-14(5-9-18(20)24)3-7-16(22)13-17(23)8-4-15-6-10-19(25)21(12-15)27-2;;/h3-12,24-25H,13H2,1-2H3;;/b7-3+,8-4+;;. The summed E-state index contributed by atoms with van der Waals surface area (Å²) in [6.45, 7) is 0. The molecule has 0 amide bonds. The van der Waals surface area contributed by atoms with Gasteiger partial charge in [0.1, 0.15) is 0 Å². The van der Waals surface area contributed by atoms with Gasteiger partial charge < -0.3 is 19.7 Å². The number of ketones is 2. The van der Waals surface area contributed by atoms with Crippen molar-refractivity contribution in [2.75, 3.05) is 14.2 Å². The molecule has 2 aromatic rings. The number of phenolic OH excluding ortho intramolecular Hbond substituents is 2. The van der Waals surface area contributed by atoms with Crippen molar-refractivity contribution in [3.63, 3.8) is 0 Å². The first-order valence-electron chi connectivity index (χ1n) is 8.08. The van der Waals surface area contributed by atoms with Crippen LogP contribution in [-0.4, -0.2) is 65.6 Å². The van der Waals surface area contributed by atoms with Crippen LogP contribution >= 0.6 is 0 Å². The Morgan fingerprint density at radius 1 is 0.821 bits per heavy atom. The van der Waals surface area contributed by atoms with Gasteiger partial charge in [-0.2, -0.15) is 0 Å². The number of carbonyl (C=O) groups excluding carboxylic acids is 2. The second-order valence-corrected chi connectivity index (χ2v) is 5.64. The first kappa shape index (κ1) is 23.5. The zero-order valence-corrected chi connectivity index (χ0v) is 15.0. The SMILES string of the molecule is COc1cc(/C=C/C(=O)CC(=O)/C=C/c2ccc(O)c(OC)c2)ccc1O.[NaH]. The molecule has 7 heteroatoms. The molecule has 2 rings (SSSR count). The summed E-state index contributed by atoms with van der Waals surface area (Å²) in [4.78, 5) is 23.9. The van der Waals surface area contributed by atoms with Crippen LogP contribution in [0.4, 0.5) is 0 Å². The number of rotatable bonds is 8. The average molecular weight is 392 g/mol. The van der Waals surface area contributed by atoms with Crippen molar-refractivity contribution in [2.24, 2.45) is 0 Å². The number of methoxy groups -OCH3 is 2. The van der Waals surface area contributed by atoms with Gasteiger partial charge >= 0.3 is 29.6 Å². The third-order valence-electron chi connectivity index (χ3n) is 3.68. The first-order chi connectivity index (χ1) is 12.9. The molecule has 6 nitrogen and oxygen atoms in total. The van der Waals surface area contributed by atoms with E-state index in [1.54, 1.807) is 36.4 Å². The average Bonchev–Trinajstić information content (AvgIpc) is 2.66. The topological polar surface area (TPSA) is 93.1 Å². The Labute approximate surface area is 185 Å². The van der Waals surface area contributed by atoms with Gasteiger partial charge in [0.05, 0.1) is 20.6 Å². The fourth-order valence-electron chi connectivity index (χ4n) is 2.26. The second-order valence-electron chi connectivity index (χ2n) is 5.64. The minimum atomic E-state index is -0.347. The van der Waals surface area contributed by atoms with E-state index in [2.05, 4.69) is 0 Å². The Morgan fingerprint density at radius 3 is 1.57 bits per heavy atom. The minimum absolute atomic E-state index is 0. The number of allylic oxidation sites excluding steroid dienone is 2. The van der Waals surface area contributed by atoms with E-state index in [4.69, 9.17) is 9.47 Å². The molecule has 0 bridgehead atoms. The van der Waals surface area contributed by atoms with Gasteiger partial charge in [0, 0.05) is 0 Å². The third-order valence-corrected chi connectivity index (χ3v) is 3.68. The molecule has 2 N–H and O–H groups in total. The van der Waals surface area contributed by atoms with Crippen LogP contribution in [0.15, 0.2) is 48.6 Å². The van der Waals surface area contributed by atoms with Gasteiger partial charge in [-0.05, 0) is 47.5 Å². The number of ether oxygens (including phenoxy) is 2. The predicted octanol–water partition coefficient (Wildman–Crippen LogP) is 2.72. The fourth-order valence-corrected chi connectivity index (χ4v) is 2.26. The van der Waals surface area contributed by atoms with Crippen molar-refractivity contribution in [3.05, 3.63) is 59.7 Å². The van der Waals surface area contributed by atoms with Crippen molar-refractivity contribution >= 4 is 53.3 Å². The Kier molecular flexibility index (Phi) is 9.51. The number of aromatic hydroxyl groups is 2. The number of hydrogen-bond donors (Lipinski definition) is 2. The summed E-state index contributed by atoms with van der Waals surface area (Å²) < 4.78 is 10.00. The van der Waals surface area contributed by atoms with Gasteiger partial charge in [0.25, 0.3) is 0 Å². The Balaban J connectivity index is 0.00000392. The van der Waals surface area contributed by atoms with Gasteiger partial charge in [-0.1, -0.05) is 24.3 Å². The van der Waals surface area contributed by atoms with E-state index >= 15 is 0 Å². The summed E-state index contributed by atoms with van der Waals surface area (Å²) in [6.07, 6.45) is 5.44. The molecule has 28 heavy (non-hydrogen) atoms. The molecule has 0 spiro atoms. The number of hydrogen-bond acceptors (Lipinski definition) is 6. The third kappa shape index (κ3) is 6.88. The molecule has 2 aromatic carbocycles. The molecule has 0 fully saturated rings. The molecule has 0 aromatic heterocycles. The zero-order chi connectivity index (χ0) is 19.8. The van der Waals surface area contributed by atoms with Crippen LogP contribution in [0.2, 0.25) is 0 Å². The summed E-state index contributed by atoms with van der Waals surface area (Å²) in [6, 6.07) is 9.34. The van der Waals surface area contributed by atoms with Crippen LogP contribution in [0.1, 0.15) is 17.5 Å². The Bertz CT molecular complexity index is 828. The van der Waals surface area contributed by atoms with Gasteiger partial charge in [-0.3, -0.25) is 9.59 Å². The first-order valence-corrected chi connectivity index (χ1v) is 8.08. The van der Waals surface area contributed by atoms with Crippen LogP contribution in [0.3, 0.4) is 0 Å². The van der Waals surface area contributed by atoms with E-state index in [1.165, 1.54) is 38.5 Å². The molecule has 142 valence electrons. The quantitative estimate of drug-likeness (QED) is 0.408. The van der Waals surface area contributed by atoms with E-state index in [9.17, 15) is 19.8 Å². The van der Waals surface area contributed by atoms with Crippen molar-refractivity contribution in [2.45, 2.75) is 6.42 Å². The molecule has 0 atom stereocenters. The van der Waals surface area contributed by atoms with Crippen LogP contribution < -0.4 is 9.47 Å². The molecule has 0 aliphatic rings. The predicted molar refractivity (Wildman–Crippen MR) is 109 cm³/mol. The van der Waals surface area contributed by atoms with Crippen molar-refractivity contribution in [1.82, 2.24) is 0 Å². The number of benzene rings is 2. The van der Waals surface area contributed by atoms with Crippen LogP contribution in [-0.2, 0) is 9.59 Å². The fraction of sp³-hybridized carbons (Fsp3) is 0.143. The number of phenols is 2. The molecule has 0 radical (unpaired) electrons. The monoisotopic (exact) mass is 392 g/mol. The van der Waals surface area contributed by atoms with Crippen LogP contribution in [0, 0.1) is 0 Å². The van der Waals surface area contributed by atoms with Crippen molar-refractivity contribution in [1.29, 1.82) is 0 Å². The molecule has 0 saturated heterocycles. The molecule has 0 unspecified atom stereocenters. The van der Waals surface area contributed by atoms with Crippen LogP contribution in [0.5, 0.6) is 23.0 Å². The van der Waals surface area contributed by atoms with Gasteiger partial charge in [0.15, 0.2) is 34.6 Å². The Morgan fingerprint density at radius 2 is 1.21 bits per heavy atom. The Hall–Kier alpha value is -2.54. The van der Waals surface area contributed by atoms with E-state index in [0.29, 0.717) is 22.6 Å². The molecule has 0 aliphatic carbocycles. The molecular formula is C21H21NaO6.